The first kappa shape index (κ1) is 97.1. The third kappa shape index (κ3) is 26.0. The van der Waals surface area contributed by atoms with Gasteiger partial charge >= 0.3 is 11.9 Å². The first-order valence-corrected chi connectivity index (χ1v) is 40.6. The van der Waals surface area contributed by atoms with E-state index in [0.29, 0.717) is 37.2 Å². The maximum Gasteiger partial charge on any atom is 0.309 e. The van der Waals surface area contributed by atoms with Gasteiger partial charge in [0.05, 0.1) is 16.5 Å². The van der Waals surface area contributed by atoms with E-state index in [1.807, 2.05) is 195 Å². The van der Waals surface area contributed by atoms with E-state index < -0.39 is 11.9 Å². The van der Waals surface area contributed by atoms with Gasteiger partial charge in [-0.1, -0.05) is 226 Å². The second-order valence-electron chi connectivity index (χ2n) is 30.0. The van der Waals surface area contributed by atoms with Gasteiger partial charge in [0.1, 0.15) is 12.8 Å². The number of anilines is 1. The summed E-state index contributed by atoms with van der Waals surface area (Å²) >= 11 is 0. The number of hydrogen-bond acceptors (Lipinski definition) is 8. The Morgan fingerprint density at radius 2 is 0.862 bits per heavy atom. The zero-order chi connectivity index (χ0) is 85.3. The number of nitrogens with one attached hydrogen (secondary N) is 3. The van der Waals surface area contributed by atoms with Crippen molar-refractivity contribution in [2.24, 2.45) is 10.7 Å². The topological polar surface area (TPSA) is 215 Å². The van der Waals surface area contributed by atoms with Gasteiger partial charge in [-0.3, -0.25) is 29.0 Å². The number of amides is 3. The molecule has 0 saturated heterocycles. The molecule has 0 spiro atoms. The fourth-order valence-electron chi connectivity index (χ4n) is 15.3. The number of halogens is 3. The lowest BCUT2D eigenvalue weighted by molar-refractivity contribution is -0.436. The highest BCUT2D eigenvalue weighted by molar-refractivity contribution is 6.09. The summed E-state index contributed by atoms with van der Waals surface area (Å²) < 4.78 is 4.29. The van der Waals surface area contributed by atoms with Gasteiger partial charge in [0.25, 0.3) is 11.8 Å². The van der Waals surface area contributed by atoms with Crippen molar-refractivity contribution in [3.8, 4) is 0 Å². The fourth-order valence-corrected chi connectivity index (χ4v) is 15.3. The Hall–Kier alpha value is -13.0. The molecule has 0 radical (unpaired) electrons. The van der Waals surface area contributed by atoms with E-state index in [-0.39, 0.29) is 93.2 Å². The van der Waals surface area contributed by atoms with Crippen LogP contribution < -0.4 is 72.6 Å². The molecular weight excluding hydrogens is 1680 g/mol. The van der Waals surface area contributed by atoms with Crippen LogP contribution in [0.5, 0.6) is 0 Å². The number of aliphatic carboxylic acids is 2. The predicted molar refractivity (Wildman–Crippen MR) is 494 cm³/mol. The van der Waals surface area contributed by atoms with E-state index in [4.69, 9.17) is 5.73 Å². The van der Waals surface area contributed by atoms with Crippen molar-refractivity contribution in [2.45, 2.75) is 90.9 Å². The number of carboxylic acids is 2. The number of carbonyl (C=O) groups is 5. The van der Waals surface area contributed by atoms with E-state index >= 15 is 0 Å². The summed E-state index contributed by atoms with van der Waals surface area (Å²) in [4.78, 5) is 71.4. The molecule has 13 rings (SSSR count). The van der Waals surface area contributed by atoms with E-state index in [9.17, 15) is 34.2 Å². The van der Waals surface area contributed by atoms with Gasteiger partial charge in [-0.05, 0) is 171 Å². The third-order valence-electron chi connectivity index (χ3n) is 21.0. The van der Waals surface area contributed by atoms with Crippen LogP contribution in [-0.4, -0.2) is 111 Å². The summed E-state index contributed by atoms with van der Waals surface area (Å²) in [6.45, 7) is 20.3. The zero-order valence-corrected chi connectivity index (χ0v) is 74.7. The summed E-state index contributed by atoms with van der Waals surface area (Å²) in [5, 5.41) is 31.5. The minimum atomic E-state index is -0.817. The molecule has 10 aromatic rings. The van der Waals surface area contributed by atoms with Crippen molar-refractivity contribution in [2.75, 3.05) is 37.6 Å². The van der Waals surface area contributed by atoms with E-state index in [0.717, 1.165) is 47.3 Å². The Morgan fingerprint density at radius 1 is 0.455 bits per heavy atom. The Balaban J connectivity index is 0.000000249. The lowest BCUT2D eigenvalue weighted by atomic mass is 9.79. The lowest BCUT2D eigenvalue weighted by Gasteiger charge is -2.28. The molecule has 3 aliphatic heterocycles. The number of hydrogen-bond donors (Lipinski definition) is 6. The summed E-state index contributed by atoms with van der Waals surface area (Å²) in [6, 6.07) is 75.9. The number of fused-ring (bicyclic) bond motifs is 9. The number of rotatable bonds is 28. The highest BCUT2D eigenvalue weighted by Gasteiger charge is 2.47. The number of carboxylic acid groups (broad SMARTS) is 2. The number of benzene rings is 10. The van der Waals surface area contributed by atoms with Crippen LogP contribution in [0.1, 0.15) is 112 Å². The maximum absolute atomic E-state index is 13.1. The lowest BCUT2D eigenvalue weighted by Crippen LogP contribution is -3.00. The van der Waals surface area contributed by atoms with Crippen LogP contribution in [0, 0.1) is 0 Å². The molecular formula is C104H108Br2ClN9O7. The quantitative estimate of drug-likeness (QED) is 0.0156. The van der Waals surface area contributed by atoms with E-state index in [1.54, 1.807) is 73.3 Å². The minimum absolute atomic E-state index is 0. The highest BCUT2D eigenvalue weighted by Crippen LogP contribution is 2.51. The van der Waals surface area contributed by atoms with E-state index in [2.05, 4.69) is 192 Å². The normalized spacial score (nSPS) is 14.6. The SMILES string of the molecule is CC1(C)C(/C=C/C=C/C=C/NC(=O)c2ccccc2)=[N+](CCC(=O)O)c2ccc3ccccc3c21.CCN(CC)C(=O)CCN1C(=CC=CC=CC=CC2=[N+](CCC(=O)O)c3ccc4ccccc4c3C2(C)C)C(C)(C)c2c1ccc1ccccc21.N/C=C/C=C/C=[NH+]c1ccccc1.O=C(N/C=C/C=C/C=Nc1ccccc1)c1ccccc1.[Br-].[Br-].[Cl-]. The molecule has 16 nitrogen and oxygen atoms in total. The minimum Gasteiger partial charge on any atom is -1.00 e. The average Bonchev–Trinajstić information content (AvgIpc) is 1.59. The third-order valence-corrected chi connectivity index (χ3v) is 21.0. The van der Waals surface area contributed by atoms with Gasteiger partial charge in [-0.15, -0.1) is 0 Å². The van der Waals surface area contributed by atoms with Gasteiger partial charge in [0.2, 0.25) is 23.0 Å². The number of para-hydroxylation sites is 2. The van der Waals surface area contributed by atoms with Crippen LogP contribution in [0.25, 0.3) is 32.3 Å². The summed E-state index contributed by atoms with van der Waals surface area (Å²) in [6.07, 6.45) is 43.7. The molecule has 0 fully saturated rings. The number of carbonyl (C=O) groups excluding carboxylic acids is 3. The predicted octanol–water partition coefficient (Wildman–Crippen LogP) is 10.6. The molecule has 123 heavy (non-hydrogen) atoms. The molecule has 0 atom stereocenters. The number of nitrogens with zero attached hydrogens (tertiary/aromatic N) is 5. The van der Waals surface area contributed by atoms with Crippen LogP contribution in [-0.2, 0) is 30.6 Å². The summed E-state index contributed by atoms with van der Waals surface area (Å²) in [5.41, 5.74) is 17.9. The van der Waals surface area contributed by atoms with Crippen LogP contribution in [0.3, 0.4) is 0 Å². The second kappa shape index (κ2) is 48.4. The van der Waals surface area contributed by atoms with Gasteiger partial charge in [0, 0.05) is 126 Å². The monoisotopic (exact) mass is 1790 g/mol. The Bertz CT molecular complexity index is 5780. The second-order valence-corrected chi connectivity index (χ2v) is 30.0. The zero-order valence-electron chi connectivity index (χ0n) is 70.8. The van der Waals surface area contributed by atoms with Crippen LogP contribution in [0.2, 0.25) is 0 Å². The van der Waals surface area contributed by atoms with Crippen LogP contribution in [0.15, 0.2) is 369 Å². The molecule has 0 aromatic heterocycles. The Kier molecular flexibility index (Phi) is 38.3. The molecule has 632 valence electrons. The molecule has 0 bridgehead atoms. The molecule has 3 aliphatic rings. The largest absolute Gasteiger partial charge is 1.00 e. The molecule has 7 N–H and O–H groups in total. The molecule has 3 amide bonds. The van der Waals surface area contributed by atoms with Crippen LogP contribution in [0.4, 0.5) is 28.4 Å². The first-order valence-electron chi connectivity index (χ1n) is 40.6. The van der Waals surface area contributed by atoms with Crippen molar-refractivity contribution in [3.05, 3.63) is 392 Å². The fraction of sp³-hybridized carbons (Fsp3) is 0.183. The van der Waals surface area contributed by atoms with Gasteiger partial charge in [0.15, 0.2) is 30.7 Å². The average molecular weight is 1790 g/mol. The molecule has 3 heterocycles. The Morgan fingerprint density at radius 3 is 1.33 bits per heavy atom. The highest BCUT2D eigenvalue weighted by atomic mass is 79.9. The summed E-state index contributed by atoms with van der Waals surface area (Å²) in [5.74, 6) is -1.73. The molecule has 0 saturated carbocycles. The standard InChI is InChI=1S/C45H49N3O3.C30H28N2O3.C18H16N2O.C11H12N2.2BrH.ClH/c1-7-46(8-2)40(49)28-30-47-36-26-24-32-18-14-16-20-34(32)42(36)44(3,4)38(47)22-12-10-9-11-13-23-39-45(5,6)43-35-21-17-15-19-33(35)25-27-37(43)48(39)31-29-41(50)51;1-30(2)26(16-8-3-4-11-20-31-29(35)23-13-6-5-7-14-23)32(21-19-27(33)34)25-18-17-22-12-9-10-15-24(22)28(25)30;21-18(16-10-4-1-5-11-16)20-15-9-3-8-14-19-17-12-6-2-7-13-17;12-9-5-2-6-10-13-11-7-3-1-4-8-11;;;/h9-27H,7-8,28-31H2,1-6H3;3-18,20H,19,21H2,1-2H3,(H,33,34);1-15H,(H,20,21);1-10H,12H2;3*1H/b;;8-3+,15-9+,19-14?;6-2+,9-5+,13-10?;;;. The first-order chi connectivity index (χ1) is 58.2. The summed E-state index contributed by atoms with van der Waals surface area (Å²) in [7, 11) is 0. The Labute approximate surface area is 750 Å². The molecule has 10 aromatic carbocycles. The van der Waals surface area contributed by atoms with Crippen LogP contribution >= 0.6 is 0 Å². The van der Waals surface area contributed by atoms with Crippen molar-refractivity contribution in [1.82, 2.24) is 15.5 Å². The molecule has 0 aliphatic carbocycles. The molecule has 19 heteroatoms. The van der Waals surface area contributed by atoms with Gasteiger partial charge < -0.3 is 82.8 Å². The van der Waals surface area contributed by atoms with Crippen molar-refractivity contribution < 1.29 is 94.7 Å². The number of allylic oxidation sites excluding steroid dienone is 19. The van der Waals surface area contributed by atoms with Gasteiger partial charge in [-0.25, -0.2) is 4.99 Å². The van der Waals surface area contributed by atoms with Crippen molar-refractivity contribution in [1.29, 1.82) is 0 Å². The van der Waals surface area contributed by atoms with Crippen molar-refractivity contribution >= 4 is 114 Å². The molecule has 0 unspecified atom stereocenters. The van der Waals surface area contributed by atoms with E-state index in [1.165, 1.54) is 66.6 Å². The number of nitrogens with two attached hydrogens (primary N) is 1. The maximum atomic E-state index is 13.1. The smallest absolute Gasteiger partial charge is 0.309 e. The van der Waals surface area contributed by atoms with Crippen molar-refractivity contribution in [3.63, 3.8) is 0 Å². The number of aliphatic imine (C=N–C) groups is 1. The van der Waals surface area contributed by atoms with Gasteiger partial charge in [-0.2, -0.15) is 9.15 Å².